The van der Waals surface area contributed by atoms with Gasteiger partial charge in [0.2, 0.25) is 11.8 Å². The fourth-order valence-corrected chi connectivity index (χ4v) is 2.50. The van der Waals surface area contributed by atoms with Gasteiger partial charge in [0.25, 0.3) is 0 Å². The number of rotatable bonds is 8. The average molecular weight is 315 g/mol. The molecule has 0 fully saturated rings. The van der Waals surface area contributed by atoms with Crippen molar-refractivity contribution in [3.05, 3.63) is 20.7 Å². The van der Waals surface area contributed by atoms with Crippen molar-refractivity contribution in [1.29, 1.82) is 0 Å². The van der Waals surface area contributed by atoms with E-state index < -0.39 is 30.2 Å². The van der Waals surface area contributed by atoms with Gasteiger partial charge in [-0.15, -0.1) is 0 Å². The molecule has 0 aromatic carbocycles. The van der Waals surface area contributed by atoms with Crippen LogP contribution in [0.15, 0.2) is 10.2 Å². The largest absolute Gasteiger partial charge is 0.480 e. The normalized spacial score (nSPS) is 11.9. The van der Waals surface area contributed by atoms with E-state index in [1.807, 2.05) is 0 Å². The Kier molecular flexibility index (Phi) is 6.10. The van der Waals surface area contributed by atoms with Crippen molar-refractivity contribution in [1.82, 2.24) is 9.88 Å². The van der Waals surface area contributed by atoms with E-state index in [0.29, 0.717) is 13.0 Å². The highest BCUT2D eigenvalue weighted by atomic mass is 32.1. The second-order valence-corrected chi connectivity index (χ2v) is 5.35. The molecule has 9 heteroatoms. The van der Waals surface area contributed by atoms with Crippen LogP contribution in [0.25, 0.3) is 0 Å². The predicted molar refractivity (Wildman–Crippen MR) is 75.9 cm³/mol. The molecule has 0 saturated heterocycles. The summed E-state index contributed by atoms with van der Waals surface area (Å²) in [6.45, 7) is 2.18. The van der Waals surface area contributed by atoms with Gasteiger partial charge in [-0.2, -0.15) is 0 Å². The molecule has 1 rings (SSSR count). The number of aliphatic carboxylic acids is 1. The maximum Gasteiger partial charge on any atom is 0.326 e. The highest BCUT2D eigenvalue weighted by Crippen LogP contribution is 2.03. The molecule has 0 bridgehead atoms. The Morgan fingerprint density at radius 2 is 2.14 bits per heavy atom. The first-order valence-electron chi connectivity index (χ1n) is 6.26. The minimum Gasteiger partial charge on any atom is -0.480 e. The predicted octanol–water partition coefficient (Wildman–Crippen LogP) is -0.557. The fraction of sp³-hybridized carbons (Fsp3) is 0.500. The smallest absolute Gasteiger partial charge is 0.326 e. The van der Waals surface area contributed by atoms with E-state index in [0.717, 1.165) is 17.0 Å². The number of primary amides is 1. The average Bonchev–Trinajstić information content (AvgIpc) is 2.69. The van der Waals surface area contributed by atoms with Crippen molar-refractivity contribution in [2.24, 2.45) is 5.73 Å². The second-order valence-electron chi connectivity index (χ2n) is 4.53. The van der Waals surface area contributed by atoms with Crippen LogP contribution in [-0.2, 0) is 20.9 Å². The molecule has 1 atom stereocenters. The van der Waals surface area contributed by atoms with Crippen LogP contribution >= 0.6 is 11.3 Å². The van der Waals surface area contributed by atoms with Gasteiger partial charge in [-0.05, 0) is 13.3 Å². The summed E-state index contributed by atoms with van der Waals surface area (Å²) in [6.07, 6.45) is 0.000657. The Balaban J connectivity index is 2.45. The van der Waals surface area contributed by atoms with Crippen molar-refractivity contribution in [2.45, 2.75) is 38.8 Å². The Morgan fingerprint density at radius 1 is 1.48 bits per heavy atom. The highest BCUT2D eigenvalue weighted by molar-refractivity contribution is 7.07. The summed E-state index contributed by atoms with van der Waals surface area (Å²) in [4.78, 5) is 44.6. The van der Waals surface area contributed by atoms with Gasteiger partial charge in [0.15, 0.2) is 0 Å². The van der Waals surface area contributed by atoms with Crippen LogP contribution in [-0.4, -0.2) is 33.5 Å². The zero-order chi connectivity index (χ0) is 16.0. The number of nitrogens with two attached hydrogens (primary N) is 1. The summed E-state index contributed by atoms with van der Waals surface area (Å²) in [7, 11) is 0. The zero-order valence-electron chi connectivity index (χ0n) is 11.5. The van der Waals surface area contributed by atoms with Crippen LogP contribution in [0, 0.1) is 6.92 Å². The molecule has 0 aliphatic rings. The molecule has 0 aliphatic heterocycles. The summed E-state index contributed by atoms with van der Waals surface area (Å²) >= 11 is 1.09. The van der Waals surface area contributed by atoms with Crippen LogP contribution in [0.5, 0.6) is 0 Å². The van der Waals surface area contributed by atoms with Gasteiger partial charge in [0, 0.05) is 24.0 Å². The van der Waals surface area contributed by atoms with E-state index in [1.165, 1.54) is 0 Å². The number of aryl methyl sites for hydroxylation is 1. The van der Waals surface area contributed by atoms with Crippen molar-refractivity contribution < 1.29 is 19.5 Å². The molecule has 1 heterocycles. The van der Waals surface area contributed by atoms with Crippen molar-refractivity contribution in [2.75, 3.05) is 0 Å². The third-order valence-electron chi connectivity index (χ3n) is 2.80. The van der Waals surface area contributed by atoms with Crippen molar-refractivity contribution in [3.63, 3.8) is 0 Å². The van der Waals surface area contributed by atoms with Crippen molar-refractivity contribution in [3.8, 4) is 0 Å². The van der Waals surface area contributed by atoms with Crippen LogP contribution in [0.4, 0.5) is 0 Å². The zero-order valence-corrected chi connectivity index (χ0v) is 12.3. The van der Waals surface area contributed by atoms with Gasteiger partial charge in [0.1, 0.15) is 6.04 Å². The Labute approximate surface area is 124 Å². The number of nitrogens with one attached hydrogen (secondary N) is 1. The second kappa shape index (κ2) is 7.58. The number of amides is 2. The molecule has 0 radical (unpaired) electrons. The van der Waals surface area contributed by atoms with Crippen molar-refractivity contribution >= 4 is 29.1 Å². The summed E-state index contributed by atoms with van der Waals surface area (Å²) in [5.41, 5.74) is 5.74. The Hall–Kier alpha value is -2.16. The molecule has 0 aliphatic carbocycles. The molecule has 21 heavy (non-hydrogen) atoms. The summed E-state index contributed by atoms with van der Waals surface area (Å²) in [5, 5.41) is 12.8. The fourth-order valence-electron chi connectivity index (χ4n) is 1.74. The molecular weight excluding hydrogens is 298 g/mol. The van der Waals surface area contributed by atoms with Crippen LogP contribution < -0.4 is 15.9 Å². The molecular formula is C12H17N3O5S. The van der Waals surface area contributed by atoms with Gasteiger partial charge in [0.05, 0.1) is 6.42 Å². The van der Waals surface area contributed by atoms with E-state index in [4.69, 9.17) is 10.8 Å². The standard InChI is InChI=1S/C12H17N3O5S/c1-7-6-21-12(20)15(7)4-2-3-10(17)14-8(11(18)19)5-9(13)16/h6,8H,2-5H2,1H3,(H2,13,16)(H,14,17)(H,18,19). The Bertz CT molecular complexity index is 592. The third-order valence-corrected chi connectivity index (χ3v) is 3.68. The van der Waals surface area contributed by atoms with Gasteiger partial charge >= 0.3 is 10.8 Å². The van der Waals surface area contributed by atoms with Crippen LogP contribution in [0.1, 0.15) is 25.0 Å². The highest BCUT2D eigenvalue weighted by Gasteiger charge is 2.21. The molecule has 8 nitrogen and oxygen atoms in total. The first kappa shape index (κ1) is 16.9. The topological polar surface area (TPSA) is 131 Å². The summed E-state index contributed by atoms with van der Waals surface area (Å²) in [5.74, 6) is -2.61. The van der Waals surface area contributed by atoms with Gasteiger partial charge in [-0.25, -0.2) is 4.79 Å². The number of carboxylic acids is 1. The molecule has 4 N–H and O–H groups in total. The number of thiazole rings is 1. The van der Waals surface area contributed by atoms with Crippen LogP contribution in [0.3, 0.4) is 0 Å². The summed E-state index contributed by atoms with van der Waals surface area (Å²) < 4.78 is 1.55. The molecule has 2 amide bonds. The molecule has 1 unspecified atom stereocenters. The third kappa shape index (κ3) is 5.38. The quantitative estimate of drug-likeness (QED) is 0.592. The summed E-state index contributed by atoms with van der Waals surface area (Å²) in [6, 6.07) is -1.32. The number of carboxylic acid groups (broad SMARTS) is 1. The molecule has 0 saturated carbocycles. The minimum atomic E-state index is -1.32. The SMILES string of the molecule is Cc1csc(=O)n1CCCC(=O)NC(CC(N)=O)C(=O)O. The van der Waals surface area contributed by atoms with Gasteiger partial charge in [-0.1, -0.05) is 11.3 Å². The lowest BCUT2D eigenvalue weighted by Gasteiger charge is -2.12. The maximum absolute atomic E-state index is 11.6. The molecule has 1 aromatic rings. The van der Waals surface area contributed by atoms with E-state index in [1.54, 1.807) is 16.9 Å². The lowest BCUT2D eigenvalue weighted by molar-refractivity contribution is -0.143. The molecule has 116 valence electrons. The number of carbonyl (C=O) groups excluding carboxylic acids is 2. The number of hydrogen-bond donors (Lipinski definition) is 3. The molecule has 0 spiro atoms. The van der Waals surface area contributed by atoms with Gasteiger partial charge < -0.3 is 20.7 Å². The van der Waals surface area contributed by atoms with E-state index in [-0.39, 0.29) is 11.3 Å². The van der Waals surface area contributed by atoms with Gasteiger partial charge in [-0.3, -0.25) is 14.4 Å². The lowest BCUT2D eigenvalue weighted by Crippen LogP contribution is -2.43. The Morgan fingerprint density at radius 3 is 2.62 bits per heavy atom. The number of carbonyl (C=O) groups is 3. The first-order valence-corrected chi connectivity index (χ1v) is 7.14. The van der Waals surface area contributed by atoms with E-state index in [9.17, 15) is 19.2 Å². The molecule has 1 aromatic heterocycles. The number of hydrogen-bond acceptors (Lipinski definition) is 5. The number of nitrogens with zero attached hydrogens (tertiary/aromatic N) is 1. The number of aromatic nitrogens is 1. The van der Waals surface area contributed by atoms with E-state index >= 15 is 0 Å². The maximum atomic E-state index is 11.6. The first-order chi connectivity index (χ1) is 9.81. The van der Waals surface area contributed by atoms with E-state index in [2.05, 4.69) is 5.32 Å². The lowest BCUT2D eigenvalue weighted by atomic mass is 10.2. The monoisotopic (exact) mass is 315 g/mol. The van der Waals surface area contributed by atoms with Crippen LogP contribution in [0.2, 0.25) is 0 Å². The minimum absolute atomic E-state index is 0.0598.